The number of hydrogen-bond acceptors (Lipinski definition) is 4. The normalized spacial score (nSPS) is 15.7. The van der Waals surface area contributed by atoms with Gasteiger partial charge in [-0.1, -0.05) is 42.5 Å². The SMILES string of the molecule is CC(c1ccccc1)N(C(=O)Nc1ccccc1OC(F)(F)F)C1CCn2c1nc1ccc(F)cc1c2=O. The molecule has 38 heavy (non-hydrogen) atoms. The summed E-state index contributed by atoms with van der Waals surface area (Å²) in [6.45, 7) is 2.02. The Balaban J connectivity index is 1.57. The number of halogens is 4. The number of nitrogens with one attached hydrogen (secondary N) is 1. The van der Waals surface area contributed by atoms with E-state index in [1.54, 1.807) is 6.92 Å². The summed E-state index contributed by atoms with van der Waals surface area (Å²) in [6, 6.07) is 16.1. The highest BCUT2D eigenvalue weighted by Crippen LogP contribution is 2.38. The molecule has 0 spiro atoms. The molecule has 0 aliphatic carbocycles. The molecule has 7 nitrogen and oxygen atoms in total. The molecule has 2 amide bonds. The Morgan fingerprint density at radius 1 is 1.11 bits per heavy atom. The van der Waals surface area contributed by atoms with Crippen molar-refractivity contribution in [1.29, 1.82) is 0 Å². The molecule has 2 unspecified atom stereocenters. The van der Waals surface area contributed by atoms with E-state index in [1.807, 2.05) is 30.3 Å². The van der Waals surface area contributed by atoms with Gasteiger partial charge in [-0.05, 0) is 49.2 Å². The second kappa shape index (κ2) is 9.81. The molecule has 1 aliphatic heterocycles. The van der Waals surface area contributed by atoms with Crippen LogP contribution >= 0.6 is 0 Å². The number of carbonyl (C=O) groups excluding carboxylic acids is 1. The van der Waals surface area contributed by atoms with E-state index < -0.39 is 41.6 Å². The predicted molar refractivity (Wildman–Crippen MR) is 132 cm³/mol. The van der Waals surface area contributed by atoms with Crippen molar-refractivity contribution in [3.8, 4) is 5.75 Å². The number of hydrogen-bond donors (Lipinski definition) is 1. The Morgan fingerprint density at radius 3 is 2.55 bits per heavy atom. The van der Waals surface area contributed by atoms with Crippen molar-refractivity contribution in [1.82, 2.24) is 14.5 Å². The summed E-state index contributed by atoms with van der Waals surface area (Å²) in [7, 11) is 0. The third-order valence-electron chi connectivity index (χ3n) is 6.49. The Morgan fingerprint density at radius 2 is 1.82 bits per heavy atom. The number of para-hydroxylation sites is 2. The smallest absolute Gasteiger partial charge is 0.404 e. The fourth-order valence-corrected chi connectivity index (χ4v) is 4.77. The van der Waals surface area contributed by atoms with Gasteiger partial charge in [0.1, 0.15) is 11.6 Å². The number of rotatable bonds is 5. The van der Waals surface area contributed by atoms with Crippen LogP contribution in [0.1, 0.15) is 36.8 Å². The molecular formula is C27H22F4N4O3. The maximum absolute atomic E-state index is 13.8. The van der Waals surface area contributed by atoms with Crippen LogP contribution in [0.3, 0.4) is 0 Å². The van der Waals surface area contributed by atoms with Gasteiger partial charge in [0.15, 0.2) is 5.75 Å². The second-order valence-electron chi connectivity index (χ2n) is 8.86. The minimum atomic E-state index is -4.95. The molecule has 3 aromatic carbocycles. The van der Waals surface area contributed by atoms with E-state index in [0.29, 0.717) is 12.2 Å². The molecule has 5 rings (SSSR count). The molecule has 0 saturated carbocycles. The molecule has 0 bridgehead atoms. The highest BCUT2D eigenvalue weighted by atomic mass is 19.4. The Hall–Kier alpha value is -4.41. The van der Waals surface area contributed by atoms with E-state index in [1.165, 1.54) is 39.8 Å². The van der Waals surface area contributed by atoms with Gasteiger partial charge in [0.2, 0.25) is 0 Å². The molecule has 2 heterocycles. The van der Waals surface area contributed by atoms with E-state index in [-0.39, 0.29) is 23.1 Å². The van der Waals surface area contributed by atoms with E-state index >= 15 is 0 Å². The molecule has 1 aromatic heterocycles. The first-order valence-corrected chi connectivity index (χ1v) is 11.8. The highest BCUT2D eigenvalue weighted by molar-refractivity contribution is 5.91. The van der Waals surface area contributed by atoms with Crippen molar-refractivity contribution in [3.05, 3.63) is 100 Å². The summed E-state index contributed by atoms with van der Waals surface area (Å²) < 4.78 is 58.2. The standard InChI is InChI=1S/C27H22F4N4O3/c1-16(17-7-3-2-4-8-17)35(26(37)33-21-9-5-6-10-23(21)38-27(29,30)31)22-13-14-34-24(22)32-20-12-11-18(28)15-19(20)25(34)36/h2-12,15-16,22H,13-14H2,1H3,(H,33,37). The molecule has 1 N–H and O–H groups in total. The van der Waals surface area contributed by atoms with Gasteiger partial charge in [-0.25, -0.2) is 14.2 Å². The van der Waals surface area contributed by atoms with E-state index in [0.717, 1.165) is 17.7 Å². The number of carbonyl (C=O) groups is 1. The summed E-state index contributed by atoms with van der Waals surface area (Å²) in [5.74, 6) is -0.813. The molecule has 2 atom stereocenters. The lowest BCUT2D eigenvalue weighted by Crippen LogP contribution is -2.40. The van der Waals surface area contributed by atoms with Crippen molar-refractivity contribution < 1.29 is 27.1 Å². The number of anilines is 1. The van der Waals surface area contributed by atoms with Gasteiger partial charge in [0, 0.05) is 6.54 Å². The number of urea groups is 1. The number of amides is 2. The first-order chi connectivity index (χ1) is 18.1. The van der Waals surface area contributed by atoms with Crippen LogP contribution < -0.4 is 15.6 Å². The van der Waals surface area contributed by atoms with Crippen LogP contribution in [0.5, 0.6) is 5.75 Å². The highest BCUT2D eigenvalue weighted by Gasteiger charge is 2.38. The maximum atomic E-state index is 13.8. The van der Waals surface area contributed by atoms with Crippen molar-refractivity contribution >= 4 is 22.6 Å². The largest absolute Gasteiger partial charge is 0.573 e. The van der Waals surface area contributed by atoms with E-state index in [9.17, 15) is 27.2 Å². The van der Waals surface area contributed by atoms with Gasteiger partial charge in [-0.2, -0.15) is 0 Å². The van der Waals surface area contributed by atoms with E-state index in [2.05, 4.69) is 15.0 Å². The number of fused-ring (bicyclic) bond motifs is 2. The van der Waals surface area contributed by atoms with E-state index in [4.69, 9.17) is 0 Å². The van der Waals surface area contributed by atoms with Crippen molar-refractivity contribution in [2.75, 3.05) is 5.32 Å². The minimum Gasteiger partial charge on any atom is -0.404 e. The van der Waals surface area contributed by atoms with Gasteiger partial charge in [-0.3, -0.25) is 9.36 Å². The fourth-order valence-electron chi connectivity index (χ4n) is 4.77. The first-order valence-electron chi connectivity index (χ1n) is 11.8. The number of nitrogens with zero attached hydrogens (tertiary/aromatic N) is 3. The zero-order valence-corrected chi connectivity index (χ0v) is 20.1. The fraction of sp³-hybridized carbons (Fsp3) is 0.222. The lowest BCUT2D eigenvalue weighted by Gasteiger charge is -2.34. The predicted octanol–water partition coefficient (Wildman–Crippen LogP) is 6.17. The number of benzene rings is 3. The zero-order valence-electron chi connectivity index (χ0n) is 20.1. The third kappa shape index (κ3) is 4.91. The summed E-state index contributed by atoms with van der Waals surface area (Å²) in [4.78, 5) is 32.9. The topological polar surface area (TPSA) is 76.5 Å². The summed E-state index contributed by atoms with van der Waals surface area (Å²) >= 11 is 0. The average molecular weight is 526 g/mol. The minimum absolute atomic E-state index is 0.125. The van der Waals surface area contributed by atoms with Crippen LogP contribution in [-0.2, 0) is 6.54 Å². The third-order valence-corrected chi connectivity index (χ3v) is 6.49. The number of alkyl halides is 3. The van der Waals surface area contributed by atoms with Crippen molar-refractivity contribution in [2.45, 2.75) is 38.3 Å². The van der Waals surface area contributed by atoms with Gasteiger partial charge >= 0.3 is 12.4 Å². The average Bonchev–Trinajstić information content (AvgIpc) is 3.29. The van der Waals surface area contributed by atoms with Gasteiger partial charge < -0.3 is 15.0 Å². The molecule has 4 aromatic rings. The Kier molecular flexibility index (Phi) is 6.52. The van der Waals surface area contributed by atoms with Crippen LogP contribution in [-0.4, -0.2) is 26.8 Å². The van der Waals surface area contributed by atoms with Gasteiger partial charge in [0.25, 0.3) is 5.56 Å². The van der Waals surface area contributed by atoms with Crippen LogP contribution in [0.25, 0.3) is 10.9 Å². The second-order valence-corrected chi connectivity index (χ2v) is 8.86. The molecule has 196 valence electrons. The molecule has 1 aliphatic rings. The number of ether oxygens (including phenoxy) is 1. The van der Waals surface area contributed by atoms with Crippen molar-refractivity contribution in [3.63, 3.8) is 0 Å². The zero-order chi connectivity index (χ0) is 27.0. The Bertz CT molecular complexity index is 1560. The summed E-state index contributed by atoms with van der Waals surface area (Å²) in [6.07, 6.45) is -4.62. The number of aromatic nitrogens is 2. The molecule has 0 radical (unpaired) electrons. The van der Waals surface area contributed by atoms with Crippen LogP contribution in [0.2, 0.25) is 0 Å². The van der Waals surface area contributed by atoms with Crippen LogP contribution in [0.4, 0.5) is 28.0 Å². The molecule has 0 saturated heterocycles. The first kappa shape index (κ1) is 25.2. The lowest BCUT2D eigenvalue weighted by molar-refractivity contribution is -0.274. The summed E-state index contributed by atoms with van der Waals surface area (Å²) in [5.41, 5.74) is 0.457. The quantitative estimate of drug-likeness (QED) is 0.316. The lowest BCUT2D eigenvalue weighted by atomic mass is 10.0. The van der Waals surface area contributed by atoms with Gasteiger partial charge in [-0.15, -0.1) is 13.2 Å². The maximum Gasteiger partial charge on any atom is 0.573 e. The summed E-state index contributed by atoms with van der Waals surface area (Å²) in [5, 5.41) is 2.67. The van der Waals surface area contributed by atoms with Crippen LogP contribution in [0, 0.1) is 5.82 Å². The van der Waals surface area contributed by atoms with Crippen LogP contribution in [0.15, 0.2) is 77.6 Å². The molecule has 0 fully saturated rings. The molecule has 11 heteroatoms. The van der Waals surface area contributed by atoms with Gasteiger partial charge in [0.05, 0.1) is 28.7 Å². The molecular weight excluding hydrogens is 504 g/mol. The monoisotopic (exact) mass is 526 g/mol. The Labute approximate surface area is 214 Å². The van der Waals surface area contributed by atoms with Crippen molar-refractivity contribution in [2.24, 2.45) is 0 Å².